The van der Waals surface area contributed by atoms with Crippen LogP contribution in [0.15, 0.2) is 24.3 Å². The molecule has 102 valence electrons. The van der Waals surface area contributed by atoms with Crippen LogP contribution in [0.3, 0.4) is 0 Å². The van der Waals surface area contributed by atoms with Gasteiger partial charge in [-0.25, -0.2) is 0 Å². The van der Waals surface area contributed by atoms with Crippen molar-refractivity contribution in [3.8, 4) is 5.75 Å². The van der Waals surface area contributed by atoms with Crippen LogP contribution in [-0.2, 0) is 4.74 Å². The van der Waals surface area contributed by atoms with Gasteiger partial charge in [0.05, 0.1) is 13.2 Å². The first kappa shape index (κ1) is 15.0. The van der Waals surface area contributed by atoms with Crippen LogP contribution in [-0.4, -0.2) is 25.8 Å². The molecule has 3 nitrogen and oxygen atoms in total. The third kappa shape index (κ3) is 4.67. The van der Waals surface area contributed by atoms with Gasteiger partial charge in [0.1, 0.15) is 5.75 Å². The minimum absolute atomic E-state index is 0.0189. The van der Waals surface area contributed by atoms with Crippen molar-refractivity contribution in [2.45, 2.75) is 39.3 Å². The number of hydrogen-bond donors (Lipinski definition) is 1. The van der Waals surface area contributed by atoms with E-state index in [2.05, 4.69) is 32.2 Å². The summed E-state index contributed by atoms with van der Waals surface area (Å²) < 4.78 is 11.2. The van der Waals surface area contributed by atoms with Crippen molar-refractivity contribution in [1.82, 2.24) is 5.32 Å². The zero-order valence-electron chi connectivity index (χ0n) is 12.1. The zero-order valence-corrected chi connectivity index (χ0v) is 12.1. The van der Waals surface area contributed by atoms with Gasteiger partial charge in [0.25, 0.3) is 0 Å². The maximum atomic E-state index is 5.82. The van der Waals surface area contributed by atoms with E-state index in [4.69, 9.17) is 9.47 Å². The Morgan fingerprint density at radius 3 is 2.44 bits per heavy atom. The molecule has 0 aliphatic rings. The third-order valence-corrected chi connectivity index (χ3v) is 2.67. The minimum atomic E-state index is 0.0189. The molecule has 0 aliphatic heterocycles. The van der Waals surface area contributed by atoms with Crippen molar-refractivity contribution in [1.29, 1.82) is 0 Å². The molecule has 0 bridgehead atoms. The highest BCUT2D eigenvalue weighted by Gasteiger charge is 2.18. The van der Waals surface area contributed by atoms with Crippen molar-refractivity contribution in [2.24, 2.45) is 0 Å². The monoisotopic (exact) mass is 251 g/mol. The van der Waals surface area contributed by atoms with Gasteiger partial charge in [0.2, 0.25) is 0 Å². The summed E-state index contributed by atoms with van der Waals surface area (Å²) in [5.41, 5.74) is 1.18. The summed E-state index contributed by atoms with van der Waals surface area (Å²) in [6.45, 7) is 9.93. The van der Waals surface area contributed by atoms with Gasteiger partial charge in [0, 0.05) is 24.3 Å². The fourth-order valence-electron chi connectivity index (χ4n) is 1.79. The molecule has 1 aromatic rings. The molecule has 0 heterocycles. The van der Waals surface area contributed by atoms with Crippen molar-refractivity contribution in [2.75, 3.05) is 20.3 Å². The Morgan fingerprint density at radius 1 is 1.22 bits per heavy atom. The van der Waals surface area contributed by atoms with Gasteiger partial charge in [0.15, 0.2) is 0 Å². The minimum Gasteiger partial charge on any atom is -0.496 e. The van der Waals surface area contributed by atoms with Gasteiger partial charge < -0.3 is 14.8 Å². The summed E-state index contributed by atoms with van der Waals surface area (Å²) in [7, 11) is 1.69. The number of rotatable bonds is 6. The molecule has 1 unspecified atom stereocenters. The first-order chi connectivity index (χ1) is 8.48. The maximum Gasteiger partial charge on any atom is 0.124 e. The molecule has 3 heteroatoms. The molecule has 18 heavy (non-hydrogen) atoms. The van der Waals surface area contributed by atoms with E-state index in [1.54, 1.807) is 7.11 Å². The van der Waals surface area contributed by atoms with Gasteiger partial charge in [-0.15, -0.1) is 0 Å². The highest BCUT2D eigenvalue weighted by molar-refractivity contribution is 5.35. The van der Waals surface area contributed by atoms with E-state index >= 15 is 0 Å². The average molecular weight is 251 g/mol. The van der Waals surface area contributed by atoms with Crippen molar-refractivity contribution in [3.63, 3.8) is 0 Å². The molecule has 0 saturated carbocycles. The maximum absolute atomic E-state index is 5.82. The van der Waals surface area contributed by atoms with Gasteiger partial charge in [-0.1, -0.05) is 18.2 Å². The number of methoxy groups -OCH3 is 1. The Bertz CT molecular complexity index is 358. The van der Waals surface area contributed by atoms with E-state index in [9.17, 15) is 0 Å². The van der Waals surface area contributed by atoms with Crippen LogP contribution in [0.4, 0.5) is 0 Å². The van der Waals surface area contributed by atoms with Gasteiger partial charge >= 0.3 is 0 Å². The molecular formula is C15H25NO2. The van der Waals surface area contributed by atoms with E-state index in [0.717, 1.165) is 17.9 Å². The second-order valence-corrected chi connectivity index (χ2v) is 5.32. The number of ether oxygens (including phenoxy) is 2. The molecule has 1 aromatic carbocycles. The topological polar surface area (TPSA) is 30.5 Å². The fraction of sp³-hybridized carbons (Fsp3) is 0.600. The number of nitrogens with one attached hydrogen (secondary N) is 1. The first-order valence-corrected chi connectivity index (χ1v) is 6.47. The van der Waals surface area contributed by atoms with Crippen LogP contribution < -0.4 is 10.1 Å². The zero-order chi connectivity index (χ0) is 13.6. The second kappa shape index (κ2) is 6.76. The largest absolute Gasteiger partial charge is 0.496 e. The molecule has 0 radical (unpaired) electrons. The van der Waals surface area contributed by atoms with E-state index in [1.807, 2.05) is 25.1 Å². The number of para-hydroxylation sites is 1. The molecule has 0 spiro atoms. The second-order valence-electron chi connectivity index (χ2n) is 5.32. The summed E-state index contributed by atoms with van der Waals surface area (Å²) >= 11 is 0. The Kier molecular flexibility index (Phi) is 5.63. The Labute approximate surface area is 110 Å². The lowest BCUT2D eigenvalue weighted by Crippen LogP contribution is -2.39. The van der Waals surface area contributed by atoms with Gasteiger partial charge in [-0.2, -0.15) is 0 Å². The van der Waals surface area contributed by atoms with Crippen LogP contribution in [0.25, 0.3) is 0 Å². The Hall–Kier alpha value is -1.06. The number of hydrogen-bond acceptors (Lipinski definition) is 3. The normalized spacial score (nSPS) is 13.4. The highest BCUT2D eigenvalue weighted by atomic mass is 16.5. The molecule has 1 N–H and O–H groups in total. The molecule has 0 amide bonds. The molecule has 0 aliphatic carbocycles. The fourth-order valence-corrected chi connectivity index (χ4v) is 1.79. The summed E-state index contributed by atoms with van der Waals surface area (Å²) in [5.74, 6) is 0.881. The van der Waals surface area contributed by atoms with Crippen LogP contribution in [0.5, 0.6) is 5.75 Å². The highest BCUT2D eigenvalue weighted by Crippen LogP contribution is 2.27. The summed E-state index contributed by atoms with van der Waals surface area (Å²) in [4.78, 5) is 0. The Balaban J connectivity index is 2.83. The van der Waals surface area contributed by atoms with E-state index in [1.165, 1.54) is 0 Å². The lowest BCUT2D eigenvalue weighted by molar-refractivity contribution is 0.0559. The van der Waals surface area contributed by atoms with Crippen LogP contribution >= 0.6 is 0 Å². The van der Waals surface area contributed by atoms with Crippen molar-refractivity contribution < 1.29 is 9.47 Å². The lowest BCUT2D eigenvalue weighted by Gasteiger charge is -2.26. The van der Waals surface area contributed by atoms with Gasteiger partial charge in [-0.05, 0) is 33.8 Å². The number of benzene rings is 1. The lowest BCUT2D eigenvalue weighted by atomic mass is 10.1. The first-order valence-electron chi connectivity index (χ1n) is 6.47. The predicted molar refractivity (Wildman–Crippen MR) is 75.1 cm³/mol. The molecule has 0 fully saturated rings. The molecule has 0 aromatic heterocycles. The standard InChI is InChI=1S/C15H25NO2/c1-6-18-14(11-16-15(2,3)4)12-9-7-8-10-13(12)17-5/h7-10,14,16H,6,11H2,1-5H3. The molecule has 1 atom stereocenters. The SMILES string of the molecule is CCOC(CNC(C)(C)C)c1ccccc1OC. The smallest absolute Gasteiger partial charge is 0.124 e. The van der Waals surface area contributed by atoms with Crippen molar-refractivity contribution in [3.05, 3.63) is 29.8 Å². The quantitative estimate of drug-likeness (QED) is 0.842. The van der Waals surface area contributed by atoms with E-state index in [-0.39, 0.29) is 11.6 Å². The van der Waals surface area contributed by atoms with E-state index < -0.39 is 0 Å². The van der Waals surface area contributed by atoms with Crippen molar-refractivity contribution >= 4 is 0 Å². The molecule has 0 saturated heterocycles. The molecular weight excluding hydrogens is 226 g/mol. The summed E-state index contributed by atoms with van der Waals surface area (Å²) in [6.07, 6.45) is 0.0189. The molecule has 1 rings (SSSR count). The summed E-state index contributed by atoms with van der Waals surface area (Å²) in [5, 5.41) is 3.48. The van der Waals surface area contributed by atoms with Gasteiger partial charge in [-0.3, -0.25) is 0 Å². The summed E-state index contributed by atoms with van der Waals surface area (Å²) in [6, 6.07) is 8.02. The van der Waals surface area contributed by atoms with Crippen LogP contribution in [0.1, 0.15) is 39.4 Å². The average Bonchev–Trinajstić information content (AvgIpc) is 2.33. The van der Waals surface area contributed by atoms with Crippen LogP contribution in [0.2, 0.25) is 0 Å². The predicted octanol–water partition coefficient (Wildman–Crippen LogP) is 3.16. The third-order valence-electron chi connectivity index (χ3n) is 2.67. The van der Waals surface area contributed by atoms with Crippen LogP contribution in [0, 0.1) is 0 Å². The Morgan fingerprint density at radius 2 is 1.89 bits per heavy atom. The van der Waals surface area contributed by atoms with E-state index in [0.29, 0.717) is 6.61 Å².